The van der Waals surface area contributed by atoms with Crippen molar-refractivity contribution in [3.63, 3.8) is 0 Å². The average Bonchev–Trinajstić information content (AvgIpc) is 2.53. The maximum atomic E-state index is 11.6. The minimum absolute atomic E-state index is 0.0839. The van der Waals surface area contributed by atoms with Crippen LogP contribution in [0.4, 0.5) is 0 Å². The van der Waals surface area contributed by atoms with Crippen LogP contribution < -0.4 is 5.56 Å². The number of H-pyrrole nitrogens is 1. The molecule has 1 aliphatic rings. The van der Waals surface area contributed by atoms with Crippen molar-refractivity contribution >= 4 is 27.2 Å². The van der Waals surface area contributed by atoms with Gasteiger partial charge in [-0.3, -0.25) is 9.59 Å². The van der Waals surface area contributed by atoms with E-state index in [1.54, 1.807) is 0 Å². The van der Waals surface area contributed by atoms with E-state index in [0.717, 1.165) is 0 Å². The van der Waals surface area contributed by atoms with Crippen LogP contribution in [0.25, 0.3) is 5.52 Å². The quantitative estimate of drug-likeness (QED) is 0.832. The number of halogens is 1. The summed E-state index contributed by atoms with van der Waals surface area (Å²) in [5, 5.41) is 4.05. The Morgan fingerprint density at radius 3 is 2.88 bits per heavy atom. The fourth-order valence-corrected chi connectivity index (χ4v) is 2.39. The van der Waals surface area contributed by atoms with Gasteiger partial charge in [0, 0.05) is 18.8 Å². The Hall–Kier alpha value is -1.50. The molecule has 16 heavy (non-hydrogen) atoms. The topological polar surface area (TPSA) is 80.1 Å². The van der Waals surface area contributed by atoms with Gasteiger partial charge in [0.25, 0.3) is 5.56 Å². The van der Waals surface area contributed by atoms with Gasteiger partial charge < -0.3 is 4.98 Å². The first-order valence-electron chi connectivity index (χ1n) is 4.80. The Balaban J connectivity index is 2.23. The number of nitrogens with one attached hydrogen (secondary N) is 1. The molecule has 3 rings (SSSR count). The molecule has 2 aromatic rings. The van der Waals surface area contributed by atoms with Gasteiger partial charge in [0.05, 0.1) is 0 Å². The van der Waals surface area contributed by atoms with Crippen LogP contribution in [-0.2, 0) is 4.79 Å². The van der Waals surface area contributed by atoms with E-state index < -0.39 is 0 Å². The summed E-state index contributed by atoms with van der Waals surface area (Å²) >= 11 is 3.23. The molecule has 7 heteroatoms. The van der Waals surface area contributed by atoms with Crippen molar-refractivity contribution in [2.75, 3.05) is 0 Å². The third-order valence-electron chi connectivity index (χ3n) is 2.73. The van der Waals surface area contributed by atoms with Crippen molar-refractivity contribution in [3.05, 3.63) is 27.1 Å². The summed E-state index contributed by atoms with van der Waals surface area (Å²) in [5.41, 5.74) is 0.142. The Labute approximate surface area is 97.8 Å². The summed E-state index contributed by atoms with van der Waals surface area (Å²) in [7, 11) is 0. The molecule has 0 amide bonds. The van der Waals surface area contributed by atoms with Crippen molar-refractivity contribution in [2.24, 2.45) is 0 Å². The number of imidazole rings is 1. The first kappa shape index (κ1) is 9.71. The van der Waals surface area contributed by atoms with Crippen LogP contribution in [0, 0.1) is 0 Å². The second-order valence-corrected chi connectivity index (χ2v) is 4.53. The Kier molecular flexibility index (Phi) is 1.97. The zero-order valence-electron chi connectivity index (χ0n) is 8.11. The normalized spacial score (nSPS) is 16.7. The lowest BCUT2D eigenvalue weighted by atomic mass is 9.83. The minimum Gasteiger partial charge on any atom is -0.310 e. The van der Waals surface area contributed by atoms with Gasteiger partial charge in [0.15, 0.2) is 5.52 Å². The molecule has 1 N–H and O–H groups in total. The SMILES string of the molecule is O=C1CC(c2nc(Br)c3c(=O)[nH]cnn23)C1. The highest BCUT2D eigenvalue weighted by Gasteiger charge is 2.32. The molecule has 1 saturated carbocycles. The van der Waals surface area contributed by atoms with E-state index in [1.807, 2.05) is 0 Å². The number of carbonyl (C=O) groups is 1. The predicted octanol–water partition coefficient (Wildman–Crippen LogP) is 0.627. The van der Waals surface area contributed by atoms with Crippen LogP contribution in [0.1, 0.15) is 24.6 Å². The highest BCUT2D eigenvalue weighted by atomic mass is 79.9. The molecule has 2 aromatic heterocycles. The number of aromatic amines is 1. The summed E-state index contributed by atoms with van der Waals surface area (Å²) in [5.74, 6) is 0.982. The van der Waals surface area contributed by atoms with Crippen LogP contribution in [0.2, 0.25) is 0 Å². The molecule has 0 aliphatic heterocycles. The maximum absolute atomic E-state index is 11.6. The van der Waals surface area contributed by atoms with E-state index in [4.69, 9.17) is 0 Å². The van der Waals surface area contributed by atoms with Crippen LogP contribution >= 0.6 is 15.9 Å². The summed E-state index contributed by atoms with van der Waals surface area (Å²) in [6.45, 7) is 0. The molecule has 0 bridgehead atoms. The first-order valence-corrected chi connectivity index (χ1v) is 5.59. The third-order valence-corrected chi connectivity index (χ3v) is 3.29. The van der Waals surface area contributed by atoms with Gasteiger partial charge in [-0.25, -0.2) is 9.50 Å². The Morgan fingerprint density at radius 1 is 1.44 bits per heavy atom. The van der Waals surface area contributed by atoms with Gasteiger partial charge in [0.1, 0.15) is 22.5 Å². The Bertz CT molecular complexity index is 636. The number of carbonyl (C=O) groups excluding carboxylic acids is 1. The lowest BCUT2D eigenvalue weighted by molar-refractivity contribution is -0.124. The summed E-state index contributed by atoms with van der Waals surface area (Å²) in [6, 6.07) is 0. The zero-order chi connectivity index (χ0) is 11.3. The van der Waals surface area contributed by atoms with Crippen molar-refractivity contribution < 1.29 is 4.79 Å². The third kappa shape index (κ3) is 1.24. The van der Waals surface area contributed by atoms with Crippen molar-refractivity contribution in [2.45, 2.75) is 18.8 Å². The fraction of sp³-hybridized carbons (Fsp3) is 0.333. The van der Waals surface area contributed by atoms with Crippen molar-refractivity contribution in [3.8, 4) is 0 Å². The standard InChI is InChI=1S/C9H7BrN4O2/c10-7-6-9(16)11-3-12-14(6)8(13-7)4-1-5(15)2-4/h3-4H,1-2H2,(H,11,12,16). The smallest absolute Gasteiger partial charge is 0.277 e. The van der Waals surface area contributed by atoms with E-state index in [-0.39, 0.29) is 17.3 Å². The summed E-state index contributed by atoms with van der Waals surface area (Å²) in [6.07, 6.45) is 2.30. The van der Waals surface area contributed by atoms with Gasteiger partial charge in [-0.15, -0.1) is 0 Å². The number of aromatic nitrogens is 4. The van der Waals surface area contributed by atoms with Gasteiger partial charge in [-0.05, 0) is 15.9 Å². The lowest BCUT2D eigenvalue weighted by Gasteiger charge is -2.21. The molecule has 0 spiro atoms. The zero-order valence-corrected chi connectivity index (χ0v) is 9.69. The molecule has 0 radical (unpaired) electrons. The first-order chi connectivity index (χ1) is 7.66. The van der Waals surface area contributed by atoms with Crippen molar-refractivity contribution in [1.29, 1.82) is 0 Å². The highest BCUT2D eigenvalue weighted by Crippen LogP contribution is 2.33. The maximum Gasteiger partial charge on any atom is 0.277 e. The van der Waals surface area contributed by atoms with Crippen LogP contribution in [-0.4, -0.2) is 25.4 Å². The molecule has 0 aromatic carbocycles. The molecule has 1 fully saturated rings. The van der Waals surface area contributed by atoms with E-state index in [1.165, 1.54) is 10.8 Å². The lowest BCUT2D eigenvalue weighted by Crippen LogP contribution is -2.24. The number of hydrogen-bond acceptors (Lipinski definition) is 4. The highest BCUT2D eigenvalue weighted by molar-refractivity contribution is 9.10. The molecule has 1 aliphatic carbocycles. The van der Waals surface area contributed by atoms with E-state index in [2.05, 4.69) is 31.0 Å². The minimum atomic E-state index is -0.244. The van der Waals surface area contributed by atoms with Gasteiger partial charge >= 0.3 is 0 Å². The molecule has 82 valence electrons. The van der Waals surface area contributed by atoms with Crippen LogP contribution in [0.3, 0.4) is 0 Å². The molecule has 6 nitrogen and oxygen atoms in total. The van der Waals surface area contributed by atoms with Crippen molar-refractivity contribution in [1.82, 2.24) is 19.6 Å². The summed E-state index contributed by atoms with van der Waals surface area (Å²) in [4.78, 5) is 29.2. The second-order valence-electron chi connectivity index (χ2n) is 3.78. The molecule has 0 atom stereocenters. The predicted molar refractivity (Wildman–Crippen MR) is 58.3 cm³/mol. The fourth-order valence-electron chi connectivity index (χ4n) is 1.86. The van der Waals surface area contributed by atoms with Crippen LogP contribution in [0.5, 0.6) is 0 Å². The van der Waals surface area contributed by atoms with Gasteiger partial charge in [-0.2, -0.15) is 5.10 Å². The van der Waals surface area contributed by atoms with Crippen LogP contribution in [0.15, 0.2) is 15.7 Å². The van der Waals surface area contributed by atoms with E-state index in [9.17, 15) is 9.59 Å². The molecule has 0 saturated heterocycles. The van der Waals surface area contributed by atoms with Gasteiger partial charge in [-0.1, -0.05) is 0 Å². The largest absolute Gasteiger partial charge is 0.310 e. The number of Topliss-reactive ketones (excluding diaryl/α,β-unsaturated/α-hetero) is 1. The molecular weight excluding hydrogens is 276 g/mol. The second kappa shape index (κ2) is 3.24. The molecule has 0 unspecified atom stereocenters. The average molecular weight is 283 g/mol. The number of nitrogens with zero attached hydrogens (tertiary/aromatic N) is 3. The molecule has 2 heterocycles. The number of ketones is 1. The summed E-state index contributed by atoms with van der Waals surface area (Å²) < 4.78 is 1.97. The van der Waals surface area contributed by atoms with E-state index >= 15 is 0 Å². The Morgan fingerprint density at radius 2 is 2.19 bits per heavy atom. The number of fused-ring (bicyclic) bond motifs is 1. The van der Waals surface area contributed by atoms with Gasteiger partial charge in [0.2, 0.25) is 0 Å². The number of rotatable bonds is 1. The number of hydrogen-bond donors (Lipinski definition) is 1. The monoisotopic (exact) mass is 282 g/mol. The van der Waals surface area contributed by atoms with E-state index in [0.29, 0.717) is 28.8 Å². The molecular formula is C9H7BrN4O2.